The summed E-state index contributed by atoms with van der Waals surface area (Å²) >= 11 is 1.31. The van der Waals surface area contributed by atoms with Gasteiger partial charge < -0.3 is 15.2 Å². The molecule has 0 saturated carbocycles. The number of aliphatic carboxylic acids is 1. The maximum absolute atomic E-state index is 11.5. The van der Waals surface area contributed by atoms with Crippen molar-refractivity contribution in [1.82, 2.24) is 0 Å². The lowest BCUT2D eigenvalue weighted by Crippen LogP contribution is -2.20. The number of hydrogen-bond acceptors (Lipinski definition) is 5. The summed E-state index contributed by atoms with van der Waals surface area (Å²) in [5.41, 5.74) is 1.27. The van der Waals surface area contributed by atoms with E-state index in [1.165, 1.54) is 11.3 Å². The molecule has 0 aromatic carbocycles. The van der Waals surface area contributed by atoms with Crippen molar-refractivity contribution in [2.75, 3.05) is 18.5 Å². The zero-order chi connectivity index (χ0) is 13.7. The average molecular weight is 268 g/mol. The van der Waals surface area contributed by atoms with Crippen molar-refractivity contribution in [3.8, 4) is 6.07 Å². The Hall–Kier alpha value is -1.91. The number of carboxylic acid groups (broad SMARTS) is 1. The lowest BCUT2D eigenvalue weighted by Gasteiger charge is -2.03. The second-order valence-electron chi connectivity index (χ2n) is 3.53. The molecule has 0 unspecified atom stereocenters. The van der Waals surface area contributed by atoms with Crippen LogP contribution in [0.25, 0.3) is 0 Å². The fourth-order valence-electron chi connectivity index (χ4n) is 1.24. The van der Waals surface area contributed by atoms with E-state index in [1.807, 2.05) is 13.0 Å². The summed E-state index contributed by atoms with van der Waals surface area (Å²) in [6.07, 6.45) is 0. The van der Waals surface area contributed by atoms with E-state index in [4.69, 9.17) is 10.4 Å². The SMILES string of the molecule is Cc1sc(NC(=O)COCC(=O)O)c(C#N)c1C. The Balaban J connectivity index is 2.63. The van der Waals surface area contributed by atoms with E-state index in [1.54, 1.807) is 6.92 Å². The number of thiophene rings is 1. The Morgan fingerprint density at radius 3 is 2.67 bits per heavy atom. The molecule has 96 valence electrons. The van der Waals surface area contributed by atoms with Gasteiger partial charge in [0.15, 0.2) is 0 Å². The van der Waals surface area contributed by atoms with E-state index in [9.17, 15) is 9.59 Å². The Labute approximate surface area is 108 Å². The summed E-state index contributed by atoms with van der Waals surface area (Å²) in [7, 11) is 0. The van der Waals surface area contributed by atoms with Crippen molar-refractivity contribution >= 4 is 28.2 Å². The monoisotopic (exact) mass is 268 g/mol. The first-order valence-corrected chi connectivity index (χ1v) is 5.86. The molecule has 1 rings (SSSR count). The summed E-state index contributed by atoms with van der Waals surface area (Å²) in [6.45, 7) is 2.78. The second-order valence-corrected chi connectivity index (χ2v) is 4.76. The number of amides is 1. The van der Waals surface area contributed by atoms with Crippen LogP contribution in [-0.2, 0) is 14.3 Å². The number of nitrogens with zero attached hydrogens (tertiary/aromatic N) is 1. The van der Waals surface area contributed by atoms with E-state index in [0.29, 0.717) is 10.6 Å². The number of hydrogen-bond donors (Lipinski definition) is 2. The zero-order valence-corrected chi connectivity index (χ0v) is 10.8. The van der Waals surface area contributed by atoms with Gasteiger partial charge in [0.2, 0.25) is 0 Å². The standard InChI is InChI=1S/C11H12N2O4S/c1-6-7(2)18-11(8(6)3-12)13-9(14)4-17-5-10(15)16/h4-5H2,1-2H3,(H,13,14)(H,15,16). The Kier molecular flexibility index (Phi) is 4.83. The maximum Gasteiger partial charge on any atom is 0.329 e. The molecule has 6 nitrogen and oxygen atoms in total. The molecule has 0 radical (unpaired) electrons. The van der Waals surface area contributed by atoms with Gasteiger partial charge in [0.1, 0.15) is 24.3 Å². The molecule has 1 aromatic heterocycles. The van der Waals surface area contributed by atoms with Crippen molar-refractivity contribution in [1.29, 1.82) is 5.26 Å². The first-order valence-electron chi connectivity index (χ1n) is 5.05. The van der Waals surface area contributed by atoms with Gasteiger partial charge in [0.25, 0.3) is 5.91 Å². The van der Waals surface area contributed by atoms with Crippen LogP contribution in [0.15, 0.2) is 0 Å². The summed E-state index contributed by atoms with van der Waals surface area (Å²) in [4.78, 5) is 22.6. The minimum absolute atomic E-state index is 0.354. The number of carbonyl (C=O) groups is 2. The molecular weight excluding hydrogens is 256 g/mol. The Morgan fingerprint density at radius 1 is 1.44 bits per heavy atom. The zero-order valence-electron chi connectivity index (χ0n) is 9.94. The number of carbonyl (C=O) groups excluding carboxylic acids is 1. The smallest absolute Gasteiger partial charge is 0.329 e. The maximum atomic E-state index is 11.5. The second kappa shape index (κ2) is 6.14. The highest BCUT2D eigenvalue weighted by molar-refractivity contribution is 7.16. The van der Waals surface area contributed by atoms with Crippen molar-refractivity contribution in [2.45, 2.75) is 13.8 Å². The van der Waals surface area contributed by atoms with Crippen molar-refractivity contribution < 1.29 is 19.4 Å². The van der Waals surface area contributed by atoms with Crippen molar-refractivity contribution in [2.24, 2.45) is 0 Å². The first-order chi connectivity index (χ1) is 8.45. The number of aryl methyl sites for hydroxylation is 1. The number of carboxylic acids is 1. The third-order valence-electron chi connectivity index (χ3n) is 2.21. The topological polar surface area (TPSA) is 99.4 Å². The van der Waals surface area contributed by atoms with Gasteiger partial charge in [-0.05, 0) is 19.4 Å². The van der Waals surface area contributed by atoms with Crippen LogP contribution in [0.3, 0.4) is 0 Å². The van der Waals surface area contributed by atoms with Crippen LogP contribution < -0.4 is 5.32 Å². The third-order valence-corrected chi connectivity index (χ3v) is 3.33. The van der Waals surface area contributed by atoms with E-state index in [-0.39, 0.29) is 6.61 Å². The van der Waals surface area contributed by atoms with Crippen LogP contribution in [0.5, 0.6) is 0 Å². The number of nitriles is 1. The highest BCUT2D eigenvalue weighted by Crippen LogP contribution is 2.31. The Bertz CT molecular complexity index is 516. The van der Waals surface area contributed by atoms with Crippen LogP contribution >= 0.6 is 11.3 Å². The van der Waals surface area contributed by atoms with Gasteiger partial charge in [0.05, 0.1) is 5.56 Å². The summed E-state index contributed by atoms with van der Waals surface area (Å²) in [5.74, 6) is -1.61. The minimum atomic E-state index is -1.14. The summed E-state index contributed by atoms with van der Waals surface area (Å²) < 4.78 is 4.65. The molecule has 0 spiro atoms. The predicted octanol–water partition coefficient (Wildman–Crippen LogP) is 1.28. The van der Waals surface area contributed by atoms with E-state index in [2.05, 4.69) is 10.1 Å². The molecule has 0 fully saturated rings. The largest absolute Gasteiger partial charge is 0.480 e. The Morgan fingerprint density at radius 2 is 2.11 bits per heavy atom. The predicted molar refractivity (Wildman–Crippen MR) is 65.6 cm³/mol. The van der Waals surface area contributed by atoms with E-state index >= 15 is 0 Å². The van der Waals surface area contributed by atoms with Gasteiger partial charge in [-0.1, -0.05) is 0 Å². The average Bonchev–Trinajstić information content (AvgIpc) is 2.53. The molecule has 1 amide bonds. The molecule has 18 heavy (non-hydrogen) atoms. The van der Waals surface area contributed by atoms with Gasteiger partial charge in [-0.25, -0.2) is 4.79 Å². The molecule has 1 heterocycles. The quantitative estimate of drug-likeness (QED) is 0.837. The summed E-state index contributed by atoms with van der Waals surface area (Å²) in [6, 6.07) is 2.03. The molecule has 2 N–H and O–H groups in total. The van der Waals surface area contributed by atoms with Gasteiger partial charge in [-0.15, -0.1) is 11.3 Å². The first kappa shape index (κ1) is 14.2. The molecule has 0 saturated heterocycles. The fraction of sp³-hybridized carbons (Fsp3) is 0.364. The van der Waals surface area contributed by atoms with Crippen LogP contribution in [-0.4, -0.2) is 30.2 Å². The molecule has 0 aliphatic carbocycles. The number of rotatable bonds is 5. The normalized spacial score (nSPS) is 9.83. The molecule has 0 aliphatic rings. The van der Waals surface area contributed by atoms with Crippen LogP contribution in [0, 0.1) is 25.2 Å². The van der Waals surface area contributed by atoms with Gasteiger partial charge in [0, 0.05) is 4.88 Å². The minimum Gasteiger partial charge on any atom is -0.480 e. The molecular formula is C11H12N2O4S. The van der Waals surface area contributed by atoms with Crippen molar-refractivity contribution in [3.05, 3.63) is 16.0 Å². The highest BCUT2D eigenvalue weighted by atomic mass is 32.1. The number of ether oxygens (including phenoxy) is 1. The van der Waals surface area contributed by atoms with Crippen LogP contribution in [0.1, 0.15) is 16.0 Å². The van der Waals surface area contributed by atoms with Crippen molar-refractivity contribution in [3.63, 3.8) is 0 Å². The van der Waals surface area contributed by atoms with E-state index < -0.39 is 18.5 Å². The summed E-state index contributed by atoms with van der Waals surface area (Å²) in [5, 5.41) is 20.3. The fourth-order valence-corrected chi connectivity index (χ4v) is 2.27. The van der Waals surface area contributed by atoms with Gasteiger partial charge in [-0.2, -0.15) is 5.26 Å². The van der Waals surface area contributed by atoms with Gasteiger partial charge in [-0.3, -0.25) is 4.79 Å². The molecule has 0 atom stereocenters. The van der Waals surface area contributed by atoms with Crippen LogP contribution in [0.4, 0.5) is 5.00 Å². The van der Waals surface area contributed by atoms with Crippen LogP contribution in [0.2, 0.25) is 0 Å². The molecule has 0 aliphatic heterocycles. The highest BCUT2D eigenvalue weighted by Gasteiger charge is 2.14. The van der Waals surface area contributed by atoms with E-state index in [0.717, 1.165) is 10.4 Å². The molecule has 7 heteroatoms. The lowest BCUT2D eigenvalue weighted by atomic mass is 10.2. The third kappa shape index (κ3) is 3.55. The number of anilines is 1. The molecule has 0 bridgehead atoms. The van der Waals surface area contributed by atoms with Gasteiger partial charge >= 0.3 is 5.97 Å². The molecule has 1 aromatic rings. The number of nitrogens with one attached hydrogen (secondary N) is 1. The lowest BCUT2D eigenvalue weighted by molar-refractivity contribution is -0.143.